The molecule has 23 heavy (non-hydrogen) atoms. The van der Waals surface area contributed by atoms with Gasteiger partial charge in [-0.05, 0) is 12.1 Å². The van der Waals surface area contributed by atoms with Gasteiger partial charge in [0, 0.05) is 7.05 Å². The number of rotatable bonds is 3. The van der Waals surface area contributed by atoms with Crippen LogP contribution in [0.15, 0.2) is 30.0 Å². The summed E-state index contributed by atoms with van der Waals surface area (Å²) in [6.45, 7) is 4.70. The Morgan fingerprint density at radius 2 is 2.00 bits per heavy atom. The van der Waals surface area contributed by atoms with E-state index in [-0.39, 0.29) is 11.3 Å². The van der Waals surface area contributed by atoms with Crippen LogP contribution >= 0.6 is 0 Å². The second-order valence-electron chi connectivity index (χ2n) is 6.30. The molecule has 0 saturated carbocycles. The monoisotopic (exact) mass is 313 g/mol. The van der Waals surface area contributed by atoms with E-state index in [0.717, 1.165) is 37.2 Å². The van der Waals surface area contributed by atoms with Crippen LogP contribution in [0.1, 0.15) is 5.82 Å². The highest BCUT2D eigenvalue weighted by Crippen LogP contribution is 2.21. The van der Waals surface area contributed by atoms with E-state index in [0.29, 0.717) is 12.4 Å². The quantitative estimate of drug-likeness (QED) is 0.491. The number of piperazine rings is 1. The van der Waals surface area contributed by atoms with Crippen molar-refractivity contribution in [1.29, 1.82) is 5.26 Å². The van der Waals surface area contributed by atoms with Crippen LogP contribution < -0.4 is 9.80 Å². The van der Waals surface area contributed by atoms with Gasteiger partial charge in [-0.2, -0.15) is 5.26 Å². The Morgan fingerprint density at radius 3 is 2.65 bits per heavy atom. The Hall–Kier alpha value is -2.36. The van der Waals surface area contributed by atoms with Crippen LogP contribution in [0.3, 0.4) is 0 Å². The fourth-order valence-corrected chi connectivity index (χ4v) is 3.15. The molecule has 1 aromatic carbocycles. The summed E-state index contributed by atoms with van der Waals surface area (Å²) in [5, 5.41) is 20.0. The highest BCUT2D eigenvalue weighted by atomic mass is 16.3. The lowest BCUT2D eigenvalue weighted by atomic mass is 10.2. The number of hydrogen-bond acceptors (Lipinski definition) is 3. The van der Waals surface area contributed by atoms with Gasteiger partial charge in [0.25, 0.3) is 0 Å². The standard InChI is InChI=1S/C17H21N5O/c1-20-7-9-22(10-8-20)12-16(23)13(11-18)17-19-14-5-3-4-6-15(14)21(17)2/h3-6,23H,7-10,12H2,1-2H3/p+2/b16-13-. The minimum atomic E-state index is 0.139. The van der Waals surface area contributed by atoms with Crippen molar-refractivity contribution in [2.24, 2.45) is 7.05 Å². The smallest absolute Gasteiger partial charge is 0.169 e. The largest absolute Gasteiger partial charge is 0.506 e. The highest BCUT2D eigenvalue weighted by molar-refractivity contribution is 5.83. The molecule has 0 amide bonds. The number of aromatic nitrogens is 2. The summed E-state index contributed by atoms with van der Waals surface area (Å²) in [6.07, 6.45) is 0. The van der Waals surface area contributed by atoms with Crippen LogP contribution in [0.25, 0.3) is 16.6 Å². The molecule has 1 aliphatic heterocycles. The maximum absolute atomic E-state index is 10.5. The maximum atomic E-state index is 10.5. The number of fused-ring (bicyclic) bond motifs is 1. The van der Waals surface area contributed by atoms with Crippen molar-refractivity contribution >= 4 is 16.6 Å². The van der Waals surface area contributed by atoms with E-state index in [1.165, 1.54) is 9.80 Å². The first-order valence-corrected chi connectivity index (χ1v) is 7.99. The molecule has 1 fully saturated rings. The molecule has 2 aromatic rings. The van der Waals surface area contributed by atoms with E-state index in [2.05, 4.69) is 18.1 Å². The number of aliphatic hydroxyl groups excluding tert-OH is 1. The second kappa shape index (κ2) is 6.41. The summed E-state index contributed by atoms with van der Waals surface area (Å²) in [5.74, 6) is 0.672. The highest BCUT2D eigenvalue weighted by Gasteiger charge is 2.24. The SMILES string of the molecule is Cn1c(/C(C#N)=C(\O)C[NH+]2CC[NH+](C)CC2)nc2ccccc21. The molecule has 1 aliphatic rings. The van der Waals surface area contributed by atoms with Gasteiger partial charge in [-0.1, -0.05) is 12.1 Å². The first-order valence-electron chi connectivity index (χ1n) is 7.99. The Labute approximate surface area is 135 Å². The van der Waals surface area contributed by atoms with Crippen molar-refractivity contribution in [3.8, 4) is 6.07 Å². The molecule has 120 valence electrons. The molecule has 0 radical (unpaired) electrons. The number of likely N-dealkylation sites (N-methyl/N-ethyl adjacent to an activating group) is 1. The number of aryl methyl sites for hydroxylation is 1. The molecule has 3 rings (SSSR count). The molecule has 6 nitrogen and oxygen atoms in total. The van der Waals surface area contributed by atoms with Crippen molar-refractivity contribution in [1.82, 2.24) is 9.55 Å². The molecule has 0 bridgehead atoms. The zero-order chi connectivity index (χ0) is 16.4. The number of benzene rings is 1. The zero-order valence-corrected chi connectivity index (χ0v) is 13.6. The van der Waals surface area contributed by atoms with Gasteiger partial charge in [0.15, 0.2) is 11.6 Å². The molecule has 0 spiro atoms. The summed E-state index contributed by atoms with van der Waals surface area (Å²) in [4.78, 5) is 7.36. The fourth-order valence-electron chi connectivity index (χ4n) is 3.15. The molecule has 0 unspecified atom stereocenters. The number of nitrogens with zero attached hydrogens (tertiary/aromatic N) is 3. The predicted molar refractivity (Wildman–Crippen MR) is 88.1 cm³/mol. The van der Waals surface area contributed by atoms with E-state index in [4.69, 9.17) is 0 Å². The fraction of sp³-hybridized carbons (Fsp3) is 0.412. The maximum Gasteiger partial charge on any atom is 0.169 e. The average molecular weight is 313 g/mol. The number of quaternary nitrogens is 2. The lowest BCUT2D eigenvalue weighted by molar-refractivity contribution is -1.00. The molecule has 0 aliphatic carbocycles. The van der Waals surface area contributed by atoms with Gasteiger partial charge >= 0.3 is 0 Å². The lowest BCUT2D eigenvalue weighted by Gasteiger charge is -2.27. The van der Waals surface area contributed by atoms with E-state index in [9.17, 15) is 10.4 Å². The number of nitriles is 1. The summed E-state index contributed by atoms with van der Waals surface area (Å²) in [5.41, 5.74) is 2.07. The molecule has 2 heterocycles. The minimum Gasteiger partial charge on any atom is -0.506 e. The lowest BCUT2D eigenvalue weighted by Crippen LogP contribution is -3.27. The normalized spacial score (nSPS) is 22.7. The van der Waals surface area contributed by atoms with Gasteiger partial charge in [-0.25, -0.2) is 4.98 Å². The Bertz CT molecular complexity index is 778. The molecule has 1 aromatic heterocycles. The summed E-state index contributed by atoms with van der Waals surface area (Å²) in [7, 11) is 4.06. The molecular formula is C17H23N5O+2. The third kappa shape index (κ3) is 3.07. The summed E-state index contributed by atoms with van der Waals surface area (Å²) in [6, 6.07) is 9.89. The van der Waals surface area contributed by atoms with E-state index in [1.807, 2.05) is 35.9 Å². The molecule has 3 N–H and O–H groups in total. The first-order chi connectivity index (χ1) is 11.1. The van der Waals surface area contributed by atoms with Crippen LogP contribution in [-0.4, -0.2) is 54.4 Å². The molecule has 6 heteroatoms. The van der Waals surface area contributed by atoms with Crippen LogP contribution in [0, 0.1) is 11.3 Å². The number of nitrogens with one attached hydrogen (secondary N) is 2. The molecule has 0 atom stereocenters. The topological polar surface area (TPSA) is 70.7 Å². The van der Waals surface area contributed by atoms with Crippen molar-refractivity contribution in [2.75, 3.05) is 39.8 Å². The summed E-state index contributed by atoms with van der Waals surface area (Å²) < 4.78 is 1.87. The van der Waals surface area contributed by atoms with Gasteiger partial charge in [0.1, 0.15) is 44.4 Å². The van der Waals surface area contributed by atoms with Crippen LogP contribution in [0.5, 0.6) is 0 Å². The minimum absolute atomic E-state index is 0.139. The Morgan fingerprint density at radius 1 is 1.30 bits per heavy atom. The van der Waals surface area contributed by atoms with Crippen LogP contribution in [0.2, 0.25) is 0 Å². The Kier molecular flexibility index (Phi) is 4.33. The van der Waals surface area contributed by atoms with E-state index >= 15 is 0 Å². The third-order valence-corrected chi connectivity index (χ3v) is 4.64. The zero-order valence-electron chi connectivity index (χ0n) is 13.6. The molecule has 1 saturated heterocycles. The third-order valence-electron chi connectivity index (χ3n) is 4.64. The van der Waals surface area contributed by atoms with Gasteiger partial charge in [-0.3, -0.25) is 0 Å². The van der Waals surface area contributed by atoms with Crippen LogP contribution in [0.4, 0.5) is 0 Å². The van der Waals surface area contributed by atoms with Crippen molar-refractivity contribution in [2.45, 2.75) is 0 Å². The number of allylic oxidation sites excluding steroid dienone is 1. The number of hydrogen-bond donors (Lipinski definition) is 3. The van der Waals surface area contributed by atoms with Gasteiger partial charge < -0.3 is 19.5 Å². The van der Waals surface area contributed by atoms with E-state index in [1.54, 1.807) is 0 Å². The van der Waals surface area contributed by atoms with Crippen molar-refractivity contribution in [3.63, 3.8) is 0 Å². The first kappa shape index (κ1) is 15.5. The molecular weight excluding hydrogens is 290 g/mol. The van der Waals surface area contributed by atoms with Crippen LogP contribution in [-0.2, 0) is 7.05 Å². The number of imidazole rings is 1. The Balaban J connectivity index is 1.90. The number of aliphatic hydroxyl groups is 1. The van der Waals surface area contributed by atoms with Crippen molar-refractivity contribution in [3.05, 3.63) is 35.8 Å². The number of para-hydroxylation sites is 2. The average Bonchev–Trinajstić information content (AvgIpc) is 2.88. The summed E-state index contributed by atoms with van der Waals surface area (Å²) >= 11 is 0. The van der Waals surface area contributed by atoms with E-state index < -0.39 is 0 Å². The van der Waals surface area contributed by atoms with Crippen molar-refractivity contribution < 1.29 is 14.9 Å². The van der Waals surface area contributed by atoms with Gasteiger partial charge in [-0.15, -0.1) is 0 Å². The van der Waals surface area contributed by atoms with Gasteiger partial charge in [0.2, 0.25) is 0 Å². The predicted octanol–water partition coefficient (Wildman–Crippen LogP) is -1.22. The van der Waals surface area contributed by atoms with Gasteiger partial charge in [0.05, 0.1) is 18.1 Å². The second-order valence-corrected chi connectivity index (χ2v) is 6.30.